The fraction of sp³-hybridized carbons (Fsp3) is 0.273. The van der Waals surface area contributed by atoms with E-state index in [0.717, 1.165) is 16.5 Å². The highest BCUT2D eigenvalue weighted by Crippen LogP contribution is 2.29. The van der Waals surface area contributed by atoms with Crippen LogP contribution in [-0.4, -0.2) is 49.6 Å². The van der Waals surface area contributed by atoms with Gasteiger partial charge in [0.2, 0.25) is 0 Å². The maximum atomic E-state index is 13.4. The zero-order valence-corrected chi connectivity index (χ0v) is 16.3. The number of benzene rings is 2. The predicted octanol–water partition coefficient (Wildman–Crippen LogP) is 4.05. The van der Waals surface area contributed by atoms with Crippen LogP contribution >= 0.6 is 0 Å². The van der Waals surface area contributed by atoms with Crippen molar-refractivity contribution in [2.75, 3.05) is 13.1 Å². The highest BCUT2D eigenvalue weighted by molar-refractivity contribution is 5.97. The van der Waals surface area contributed by atoms with Gasteiger partial charge in [0.15, 0.2) is 0 Å². The van der Waals surface area contributed by atoms with Gasteiger partial charge in [-0.3, -0.25) is 14.5 Å². The summed E-state index contributed by atoms with van der Waals surface area (Å²) in [4.78, 5) is 23.4. The van der Waals surface area contributed by atoms with Crippen LogP contribution in [0.5, 0.6) is 0 Å². The van der Waals surface area contributed by atoms with Crippen LogP contribution in [0.2, 0.25) is 0 Å². The normalized spacial score (nSPS) is 16.3. The molecule has 0 saturated carbocycles. The van der Waals surface area contributed by atoms with E-state index in [1.54, 1.807) is 29.1 Å². The average Bonchev–Trinajstić information content (AvgIpc) is 3.11. The summed E-state index contributed by atoms with van der Waals surface area (Å²) in [5.41, 5.74) is 4.18. The maximum Gasteiger partial charge on any atom is 0.253 e. The van der Waals surface area contributed by atoms with Gasteiger partial charge in [-0.2, -0.15) is 5.10 Å². The number of amides is 1. The van der Waals surface area contributed by atoms with E-state index in [1.807, 2.05) is 31.4 Å². The Hall–Kier alpha value is -3.42. The van der Waals surface area contributed by atoms with E-state index in [-0.39, 0.29) is 31.8 Å². The number of nitrogens with zero attached hydrogens (tertiary/aromatic N) is 5. The second-order valence-electron chi connectivity index (χ2n) is 7.68. The van der Waals surface area contributed by atoms with Crippen LogP contribution in [0, 0.1) is 0 Å². The molecule has 3 heterocycles. The standard InChI is InChI=1S/C22H19F2N5O/c1-28-13-16-10-14(2-4-17(16)27-28)20-12-25-18-5-3-15(11-19(18)26-20)21(30)29-8-6-22(23,24)7-9-29/h2-5,10-13H,6-9H2,1H3. The van der Waals surface area contributed by atoms with Crippen LogP contribution in [0.25, 0.3) is 33.2 Å². The van der Waals surface area contributed by atoms with Gasteiger partial charge < -0.3 is 4.90 Å². The summed E-state index contributed by atoms with van der Waals surface area (Å²) >= 11 is 0. The van der Waals surface area contributed by atoms with Gasteiger partial charge in [0.25, 0.3) is 11.8 Å². The van der Waals surface area contributed by atoms with E-state index in [1.165, 1.54) is 4.90 Å². The predicted molar refractivity (Wildman–Crippen MR) is 109 cm³/mol. The third-order valence-electron chi connectivity index (χ3n) is 5.49. The highest BCUT2D eigenvalue weighted by Gasteiger charge is 2.35. The van der Waals surface area contributed by atoms with Crippen LogP contribution in [0.4, 0.5) is 8.78 Å². The van der Waals surface area contributed by atoms with E-state index in [2.05, 4.69) is 15.1 Å². The molecule has 2 aromatic carbocycles. The number of likely N-dealkylation sites (tertiary alicyclic amines) is 1. The molecule has 6 nitrogen and oxygen atoms in total. The number of hydrogen-bond donors (Lipinski definition) is 0. The molecule has 2 aromatic heterocycles. The molecule has 0 atom stereocenters. The molecular formula is C22H19F2N5O. The Morgan fingerprint density at radius 2 is 1.80 bits per heavy atom. The molecule has 1 saturated heterocycles. The molecule has 30 heavy (non-hydrogen) atoms. The minimum atomic E-state index is -2.68. The Morgan fingerprint density at radius 1 is 1.03 bits per heavy atom. The van der Waals surface area contributed by atoms with Crippen LogP contribution in [0.3, 0.4) is 0 Å². The van der Waals surface area contributed by atoms with Crippen molar-refractivity contribution < 1.29 is 13.6 Å². The summed E-state index contributed by atoms with van der Waals surface area (Å²) in [5.74, 6) is -2.94. The van der Waals surface area contributed by atoms with Crippen molar-refractivity contribution in [3.05, 3.63) is 54.4 Å². The highest BCUT2D eigenvalue weighted by atomic mass is 19.3. The number of alkyl halides is 2. The lowest BCUT2D eigenvalue weighted by molar-refractivity contribution is -0.0494. The number of hydrogen-bond acceptors (Lipinski definition) is 4. The first-order chi connectivity index (χ1) is 14.4. The Kier molecular flexibility index (Phi) is 4.23. The topological polar surface area (TPSA) is 63.9 Å². The van der Waals surface area contributed by atoms with Crippen molar-refractivity contribution in [2.24, 2.45) is 7.05 Å². The van der Waals surface area contributed by atoms with Crippen LogP contribution in [0.1, 0.15) is 23.2 Å². The molecule has 8 heteroatoms. The second kappa shape index (κ2) is 6.83. The minimum absolute atomic E-state index is 0.0563. The summed E-state index contributed by atoms with van der Waals surface area (Å²) in [6.45, 7) is 0.113. The summed E-state index contributed by atoms with van der Waals surface area (Å²) in [5, 5.41) is 5.38. The first-order valence-corrected chi connectivity index (χ1v) is 9.76. The Bertz CT molecular complexity index is 1270. The lowest BCUT2D eigenvalue weighted by Crippen LogP contribution is -2.42. The van der Waals surface area contributed by atoms with Gasteiger partial charge in [0, 0.05) is 55.7 Å². The number of aryl methyl sites for hydroxylation is 1. The molecule has 4 aromatic rings. The van der Waals surface area contributed by atoms with Crippen molar-refractivity contribution in [1.29, 1.82) is 0 Å². The van der Waals surface area contributed by atoms with Crippen LogP contribution in [0.15, 0.2) is 48.8 Å². The van der Waals surface area contributed by atoms with E-state index < -0.39 is 5.92 Å². The molecule has 0 N–H and O–H groups in total. The van der Waals surface area contributed by atoms with Gasteiger partial charge in [-0.05, 0) is 30.3 Å². The summed E-state index contributed by atoms with van der Waals surface area (Å²) in [6.07, 6.45) is 3.04. The minimum Gasteiger partial charge on any atom is -0.338 e. The van der Waals surface area contributed by atoms with E-state index in [4.69, 9.17) is 0 Å². The van der Waals surface area contributed by atoms with Crippen LogP contribution in [-0.2, 0) is 7.05 Å². The average molecular weight is 407 g/mol. The number of rotatable bonds is 2. The number of carbonyl (C=O) groups is 1. The summed E-state index contributed by atoms with van der Waals surface area (Å²) in [6, 6.07) is 11.0. The molecule has 1 aliphatic heterocycles. The SMILES string of the molecule is Cn1cc2cc(-c3cnc4ccc(C(=O)N5CCC(F)(F)CC5)cc4n3)ccc2n1. The van der Waals surface area contributed by atoms with Gasteiger partial charge in [-0.25, -0.2) is 13.8 Å². The zero-order valence-electron chi connectivity index (χ0n) is 16.3. The quantitative estimate of drug-likeness (QED) is 0.503. The van der Waals surface area contributed by atoms with Gasteiger partial charge in [0.05, 0.1) is 28.4 Å². The number of piperidine rings is 1. The van der Waals surface area contributed by atoms with Crippen molar-refractivity contribution >= 4 is 27.8 Å². The zero-order chi connectivity index (χ0) is 20.9. The molecule has 0 unspecified atom stereocenters. The molecule has 152 valence electrons. The van der Waals surface area contributed by atoms with Gasteiger partial charge >= 0.3 is 0 Å². The third-order valence-corrected chi connectivity index (χ3v) is 5.49. The van der Waals surface area contributed by atoms with Gasteiger partial charge in [-0.1, -0.05) is 6.07 Å². The monoisotopic (exact) mass is 407 g/mol. The van der Waals surface area contributed by atoms with E-state index in [9.17, 15) is 13.6 Å². The molecular weight excluding hydrogens is 388 g/mol. The molecule has 0 spiro atoms. The molecule has 1 aliphatic rings. The molecule has 0 aliphatic carbocycles. The Balaban J connectivity index is 1.47. The summed E-state index contributed by atoms with van der Waals surface area (Å²) < 4.78 is 28.5. The maximum absolute atomic E-state index is 13.4. The van der Waals surface area contributed by atoms with Gasteiger partial charge in [-0.15, -0.1) is 0 Å². The second-order valence-corrected chi connectivity index (χ2v) is 7.68. The number of aromatic nitrogens is 4. The van der Waals surface area contributed by atoms with Crippen LogP contribution < -0.4 is 0 Å². The number of fused-ring (bicyclic) bond motifs is 2. The fourth-order valence-electron chi connectivity index (χ4n) is 3.81. The van der Waals surface area contributed by atoms with Crippen molar-refractivity contribution in [3.8, 4) is 11.3 Å². The molecule has 5 rings (SSSR count). The summed E-state index contributed by atoms with van der Waals surface area (Å²) in [7, 11) is 1.87. The Morgan fingerprint density at radius 3 is 2.60 bits per heavy atom. The molecule has 1 fully saturated rings. The van der Waals surface area contributed by atoms with Crippen molar-refractivity contribution in [2.45, 2.75) is 18.8 Å². The lowest BCUT2D eigenvalue weighted by atomic mass is 10.1. The number of carbonyl (C=O) groups excluding carboxylic acids is 1. The first kappa shape index (κ1) is 18.6. The molecule has 0 radical (unpaired) electrons. The van der Waals surface area contributed by atoms with Gasteiger partial charge in [0.1, 0.15) is 0 Å². The van der Waals surface area contributed by atoms with E-state index >= 15 is 0 Å². The van der Waals surface area contributed by atoms with Crippen molar-refractivity contribution in [1.82, 2.24) is 24.6 Å². The number of halogens is 2. The third kappa shape index (κ3) is 3.38. The lowest BCUT2D eigenvalue weighted by Gasteiger charge is -2.31. The first-order valence-electron chi connectivity index (χ1n) is 9.76. The molecule has 1 amide bonds. The van der Waals surface area contributed by atoms with Crippen molar-refractivity contribution in [3.63, 3.8) is 0 Å². The molecule has 0 bridgehead atoms. The largest absolute Gasteiger partial charge is 0.338 e. The fourth-order valence-corrected chi connectivity index (χ4v) is 3.81. The van der Waals surface area contributed by atoms with E-state index in [0.29, 0.717) is 22.3 Å². The smallest absolute Gasteiger partial charge is 0.253 e. The Labute approximate surface area is 171 Å².